The summed E-state index contributed by atoms with van der Waals surface area (Å²) in [6.45, 7) is 4.71. The topological polar surface area (TPSA) is 50.2 Å². The highest BCUT2D eigenvalue weighted by molar-refractivity contribution is 6.33. The fourth-order valence-electron chi connectivity index (χ4n) is 3.46. The van der Waals surface area contributed by atoms with Crippen LogP contribution in [0.2, 0.25) is 5.02 Å². The van der Waals surface area contributed by atoms with Gasteiger partial charge in [-0.25, -0.2) is 4.68 Å². The molecule has 0 aromatic carbocycles. The van der Waals surface area contributed by atoms with Crippen molar-refractivity contribution in [3.63, 3.8) is 0 Å². The summed E-state index contributed by atoms with van der Waals surface area (Å²) in [5, 5.41) is 8.11. The van der Waals surface area contributed by atoms with Gasteiger partial charge in [-0.1, -0.05) is 11.6 Å². The number of halogens is 1. The summed E-state index contributed by atoms with van der Waals surface area (Å²) in [4.78, 5) is 14.8. The molecule has 0 amide bonds. The Morgan fingerprint density at radius 1 is 1.30 bits per heavy atom. The zero-order valence-corrected chi connectivity index (χ0v) is 12.1. The van der Waals surface area contributed by atoms with Crippen LogP contribution in [0.25, 0.3) is 0 Å². The van der Waals surface area contributed by atoms with Crippen molar-refractivity contribution in [2.45, 2.75) is 19.4 Å². The second-order valence-electron chi connectivity index (χ2n) is 6.36. The third-order valence-electron chi connectivity index (χ3n) is 4.81. The molecule has 1 aromatic heterocycles. The summed E-state index contributed by atoms with van der Waals surface area (Å²) in [7, 11) is 0. The molecule has 0 spiro atoms. The Bertz CT molecular complexity index is 571. The van der Waals surface area contributed by atoms with Crippen molar-refractivity contribution in [3.8, 4) is 0 Å². The summed E-state index contributed by atoms with van der Waals surface area (Å²) >= 11 is 6.26. The number of anilines is 1. The number of fused-ring (bicyclic) bond motifs is 1. The second-order valence-corrected chi connectivity index (χ2v) is 6.76. The van der Waals surface area contributed by atoms with Crippen molar-refractivity contribution in [2.24, 2.45) is 17.8 Å². The van der Waals surface area contributed by atoms with E-state index in [1.165, 1.54) is 12.8 Å². The minimum absolute atomic E-state index is 0.0164. The minimum atomic E-state index is -0.0164. The van der Waals surface area contributed by atoms with Crippen LogP contribution >= 0.6 is 11.6 Å². The summed E-state index contributed by atoms with van der Waals surface area (Å²) < 4.78 is 1.60. The quantitative estimate of drug-likeness (QED) is 0.902. The van der Waals surface area contributed by atoms with Gasteiger partial charge in [-0.15, -0.1) is 0 Å². The molecule has 3 fully saturated rings. The smallest absolute Gasteiger partial charge is 0.291 e. The predicted molar refractivity (Wildman–Crippen MR) is 78.3 cm³/mol. The molecule has 0 bridgehead atoms. The molecule has 4 rings (SSSR count). The zero-order chi connectivity index (χ0) is 13.7. The molecule has 1 saturated carbocycles. The van der Waals surface area contributed by atoms with E-state index in [2.05, 4.69) is 15.3 Å². The first-order chi connectivity index (χ1) is 9.72. The second kappa shape index (κ2) is 4.74. The summed E-state index contributed by atoms with van der Waals surface area (Å²) in [6.07, 6.45) is 4.06. The van der Waals surface area contributed by atoms with Gasteiger partial charge in [0, 0.05) is 32.7 Å². The van der Waals surface area contributed by atoms with E-state index in [-0.39, 0.29) is 5.56 Å². The van der Waals surface area contributed by atoms with Crippen LogP contribution in [0.4, 0.5) is 5.69 Å². The van der Waals surface area contributed by atoms with E-state index in [4.69, 9.17) is 11.6 Å². The maximum Gasteiger partial charge on any atom is 0.291 e. The van der Waals surface area contributed by atoms with E-state index in [9.17, 15) is 4.79 Å². The summed E-state index contributed by atoms with van der Waals surface area (Å²) in [6, 6.07) is 0. The number of hydrogen-bond donors (Lipinski definition) is 1. The van der Waals surface area contributed by atoms with Crippen LogP contribution < -0.4 is 15.8 Å². The highest BCUT2D eigenvalue weighted by Gasteiger charge is 2.38. The Kier molecular flexibility index (Phi) is 3.00. The lowest BCUT2D eigenvalue weighted by atomic mass is 10.0. The Hall–Kier alpha value is -1.07. The first-order valence-electron chi connectivity index (χ1n) is 7.43. The van der Waals surface area contributed by atoms with Gasteiger partial charge in [0.1, 0.15) is 5.69 Å². The molecule has 1 aromatic rings. The van der Waals surface area contributed by atoms with Gasteiger partial charge in [-0.2, -0.15) is 5.10 Å². The molecule has 1 N–H and O–H groups in total. The fourth-order valence-corrected chi connectivity index (χ4v) is 3.70. The van der Waals surface area contributed by atoms with Crippen LogP contribution in [-0.4, -0.2) is 36.0 Å². The molecule has 0 radical (unpaired) electrons. The monoisotopic (exact) mass is 294 g/mol. The molecule has 2 aliphatic heterocycles. The maximum atomic E-state index is 12.6. The zero-order valence-electron chi connectivity index (χ0n) is 11.4. The number of aromatic nitrogens is 2. The molecule has 108 valence electrons. The van der Waals surface area contributed by atoms with Crippen molar-refractivity contribution in [2.75, 3.05) is 31.1 Å². The molecular weight excluding hydrogens is 276 g/mol. The third kappa shape index (κ3) is 2.13. The molecule has 20 heavy (non-hydrogen) atoms. The molecule has 3 heterocycles. The molecule has 2 atom stereocenters. The highest BCUT2D eigenvalue weighted by Crippen LogP contribution is 2.33. The van der Waals surface area contributed by atoms with Gasteiger partial charge in [0.2, 0.25) is 0 Å². The lowest BCUT2D eigenvalue weighted by Gasteiger charge is -2.20. The Labute approximate surface area is 122 Å². The molecule has 3 aliphatic rings. The Morgan fingerprint density at radius 2 is 2.00 bits per heavy atom. The first-order valence-corrected chi connectivity index (χ1v) is 7.81. The Balaban J connectivity index is 1.64. The van der Waals surface area contributed by atoms with Gasteiger partial charge in [0.25, 0.3) is 5.56 Å². The van der Waals surface area contributed by atoms with Gasteiger partial charge in [0.15, 0.2) is 0 Å². The number of nitrogens with one attached hydrogen (secondary N) is 1. The van der Waals surface area contributed by atoms with E-state index in [0.29, 0.717) is 28.5 Å². The number of nitrogens with zero attached hydrogens (tertiary/aromatic N) is 3. The van der Waals surface area contributed by atoms with E-state index in [0.717, 1.165) is 32.7 Å². The number of rotatable bonds is 3. The van der Waals surface area contributed by atoms with Gasteiger partial charge in [-0.3, -0.25) is 4.79 Å². The number of hydrogen-bond acceptors (Lipinski definition) is 4. The van der Waals surface area contributed by atoms with Crippen molar-refractivity contribution >= 4 is 17.3 Å². The molecule has 6 heteroatoms. The van der Waals surface area contributed by atoms with Crippen molar-refractivity contribution in [1.29, 1.82) is 0 Å². The fraction of sp³-hybridized carbons (Fsp3) is 0.714. The van der Waals surface area contributed by atoms with E-state index < -0.39 is 0 Å². The van der Waals surface area contributed by atoms with Crippen molar-refractivity contribution < 1.29 is 0 Å². The molecule has 1 aliphatic carbocycles. The minimum Gasteiger partial charge on any atom is -0.365 e. The molecule has 5 nitrogen and oxygen atoms in total. The van der Waals surface area contributed by atoms with Crippen LogP contribution in [0.3, 0.4) is 0 Å². The molecule has 0 unspecified atom stereocenters. The highest BCUT2D eigenvalue weighted by atomic mass is 35.5. The van der Waals surface area contributed by atoms with Crippen LogP contribution in [0, 0.1) is 17.8 Å². The largest absolute Gasteiger partial charge is 0.365 e. The summed E-state index contributed by atoms with van der Waals surface area (Å²) in [5.74, 6) is 1.93. The van der Waals surface area contributed by atoms with Gasteiger partial charge >= 0.3 is 0 Å². The van der Waals surface area contributed by atoms with Crippen LogP contribution in [0.1, 0.15) is 12.8 Å². The average molecular weight is 295 g/mol. The van der Waals surface area contributed by atoms with E-state index >= 15 is 0 Å². The molecular formula is C14H19ClN4O. The van der Waals surface area contributed by atoms with E-state index in [1.807, 2.05) is 0 Å². The average Bonchev–Trinajstić information content (AvgIpc) is 2.97. The van der Waals surface area contributed by atoms with Crippen LogP contribution in [-0.2, 0) is 6.54 Å². The lowest BCUT2D eigenvalue weighted by Crippen LogP contribution is -2.34. The van der Waals surface area contributed by atoms with Gasteiger partial charge in [-0.05, 0) is 30.6 Å². The van der Waals surface area contributed by atoms with Crippen LogP contribution in [0.15, 0.2) is 11.0 Å². The van der Waals surface area contributed by atoms with E-state index in [1.54, 1.807) is 10.9 Å². The van der Waals surface area contributed by atoms with Gasteiger partial charge < -0.3 is 10.2 Å². The predicted octanol–water partition coefficient (Wildman–Crippen LogP) is 0.962. The van der Waals surface area contributed by atoms with Gasteiger partial charge in [0.05, 0.1) is 11.2 Å². The Morgan fingerprint density at radius 3 is 2.65 bits per heavy atom. The normalized spacial score (nSPS) is 28.9. The molecule has 2 saturated heterocycles. The van der Waals surface area contributed by atoms with Crippen LogP contribution in [0.5, 0.6) is 0 Å². The van der Waals surface area contributed by atoms with Crippen molar-refractivity contribution in [3.05, 3.63) is 21.6 Å². The SMILES string of the molecule is O=c1c(N2C[C@H]3CNC[C@H]3C2)c(Cl)cnn1CC1CC1. The first kappa shape index (κ1) is 12.7. The maximum absolute atomic E-state index is 12.6. The standard InChI is InChI=1S/C14H19ClN4O/c15-12-5-17-19(6-9-1-2-9)14(20)13(12)18-7-10-3-16-4-11(10)8-18/h5,9-11,16H,1-4,6-8H2/t10-,11+. The third-order valence-corrected chi connectivity index (χ3v) is 5.08. The van der Waals surface area contributed by atoms with Crippen molar-refractivity contribution in [1.82, 2.24) is 15.1 Å². The summed E-state index contributed by atoms with van der Waals surface area (Å²) in [5.41, 5.74) is 0.647. The lowest BCUT2D eigenvalue weighted by molar-refractivity contribution is 0.532.